The molecule has 2 rings (SSSR count). The second-order valence-electron chi connectivity index (χ2n) is 5.94. The van der Waals surface area contributed by atoms with Gasteiger partial charge >= 0.3 is 0 Å². The molecule has 100 valence electrons. The van der Waals surface area contributed by atoms with Crippen LogP contribution < -0.4 is 0 Å². The van der Waals surface area contributed by atoms with Crippen LogP contribution in [-0.2, 0) is 6.42 Å². The van der Waals surface area contributed by atoms with Gasteiger partial charge in [0.15, 0.2) is 0 Å². The molecule has 1 nitrogen and oxygen atoms in total. The summed E-state index contributed by atoms with van der Waals surface area (Å²) in [7, 11) is 0. The van der Waals surface area contributed by atoms with Gasteiger partial charge in [-0.05, 0) is 55.1 Å². The Morgan fingerprint density at radius 2 is 2.00 bits per heavy atom. The molecule has 1 N–H and O–H groups in total. The van der Waals surface area contributed by atoms with E-state index in [0.29, 0.717) is 5.92 Å². The van der Waals surface area contributed by atoms with E-state index in [9.17, 15) is 5.11 Å². The van der Waals surface area contributed by atoms with Gasteiger partial charge in [0.25, 0.3) is 0 Å². The second kappa shape index (κ2) is 6.21. The summed E-state index contributed by atoms with van der Waals surface area (Å²) in [4.78, 5) is 0. The lowest BCUT2D eigenvalue weighted by atomic mass is 9.73. The molecule has 1 aromatic rings. The van der Waals surface area contributed by atoms with E-state index >= 15 is 0 Å². The zero-order chi connectivity index (χ0) is 13.1. The predicted molar refractivity (Wildman–Crippen MR) is 79.5 cm³/mol. The third kappa shape index (κ3) is 3.36. The van der Waals surface area contributed by atoms with Gasteiger partial charge in [-0.2, -0.15) is 0 Å². The molecule has 0 aromatic heterocycles. The quantitative estimate of drug-likeness (QED) is 0.876. The molecule has 1 aliphatic carbocycles. The molecular formula is C16H23BrO. The summed E-state index contributed by atoms with van der Waals surface area (Å²) >= 11 is 3.61. The number of aliphatic hydroxyl groups is 1. The largest absolute Gasteiger partial charge is 0.393 e. The average molecular weight is 311 g/mol. The molecule has 1 aliphatic rings. The van der Waals surface area contributed by atoms with Crippen molar-refractivity contribution in [1.82, 2.24) is 0 Å². The molecule has 1 fully saturated rings. The topological polar surface area (TPSA) is 20.2 Å². The fourth-order valence-electron chi connectivity index (χ4n) is 3.06. The monoisotopic (exact) mass is 310 g/mol. The van der Waals surface area contributed by atoms with Crippen molar-refractivity contribution >= 4 is 15.9 Å². The van der Waals surface area contributed by atoms with Gasteiger partial charge in [0.1, 0.15) is 0 Å². The minimum absolute atomic E-state index is 0.118. The Morgan fingerprint density at radius 1 is 1.28 bits per heavy atom. The summed E-state index contributed by atoms with van der Waals surface area (Å²) in [6, 6.07) is 8.37. The molecule has 3 unspecified atom stereocenters. The third-order valence-corrected chi connectivity index (χ3v) is 5.14. The highest BCUT2D eigenvalue weighted by atomic mass is 79.9. The highest BCUT2D eigenvalue weighted by Crippen LogP contribution is 2.36. The maximum absolute atomic E-state index is 10.2. The van der Waals surface area contributed by atoms with Crippen molar-refractivity contribution in [1.29, 1.82) is 0 Å². The van der Waals surface area contributed by atoms with Crippen molar-refractivity contribution in [2.75, 3.05) is 0 Å². The Hall–Kier alpha value is -0.340. The van der Waals surface area contributed by atoms with E-state index in [1.807, 2.05) is 6.07 Å². The second-order valence-corrected chi connectivity index (χ2v) is 6.79. The Kier molecular flexibility index (Phi) is 4.85. The van der Waals surface area contributed by atoms with Crippen LogP contribution in [0.2, 0.25) is 0 Å². The zero-order valence-electron chi connectivity index (χ0n) is 11.3. The summed E-state index contributed by atoms with van der Waals surface area (Å²) in [6.45, 7) is 4.61. The Morgan fingerprint density at radius 3 is 2.67 bits per heavy atom. The summed E-state index contributed by atoms with van der Waals surface area (Å²) in [5, 5.41) is 10.2. The van der Waals surface area contributed by atoms with E-state index in [1.54, 1.807) is 0 Å². The summed E-state index contributed by atoms with van der Waals surface area (Å²) in [6.07, 6.45) is 4.20. The van der Waals surface area contributed by atoms with Crippen LogP contribution >= 0.6 is 15.9 Å². The molecule has 0 radical (unpaired) electrons. The maximum Gasteiger partial charge on any atom is 0.0571 e. The van der Waals surface area contributed by atoms with Gasteiger partial charge in [0.05, 0.1) is 6.10 Å². The third-order valence-electron chi connectivity index (χ3n) is 4.37. The van der Waals surface area contributed by atoms with Crippen LogP contribution in [0.4, 0.5) is 0 Å². The normalized spacial score (nSPS) is 28.6. The van der Waals surface area contributed by atoms with Gasteiger partial charge in [0, 0.05) is 4.47 Å². The average Bonchev–Trinajstić information content (AvgIpc) is 2.34. The molecule has 2 heteroatoms. The molecule has 0 bridgehead atoms. The van der Waals surface area contributed by atoms with Gasteiger partial charge in [0.2, 0.25) is 0 Å². The molecule has 0 aliphatic heterocycles. The minimum Gasteiger partial charge on any atom is -0.393 e. The van der Waals surface area contributed by atoms with Gasteiger partial charge in [-0.3, -0.25) is 0 Å². The summed E-state index contributed by atoms with van der Waals surface area (Å²) in [5.41, 5.74) is 1.32. The number of rotatable bonds is 3. The SMILES string of the molecule is CC(C)C1CCC(O)C(Cc2ccccc2Br)C1. The van der Waals surface area contributed by atoms with E-state index in [-0.39, 0.29) is 6.10 Å². The predicted octanol–water partition coefficient (Wildman–Crippen LogP) is 4.42. The van der Waals surface area contributed by atoms with Gasteiger partial charge in [-0.25, -0.2) is 0 Å². The van der Waals surface area contributed by atoms with E-state index in [2.05, 4.69) is 48.0 Å². The molecule has 1 aromatic carbocycles. The Balaban J connectivity index is 2.05. The summed E-state index contributed by atoms with van der Waals surface area (Å²) in [5.74, 6) is 1.94. The highest BCUT2D eigenvalue weighted by Gasteiger charge is 2.30. The molecule has 0 spiro atoms. The highest BCUT2D eigenvalue weighted by molar-refractivity contribution is 9.10. The van der Waals surface area contributed by atoms with E-state index in [1.165, 1.54) is 22.9 Å². The molecular weight excluding hydrogens is 288 g/mol. The molecule has 1 saturated carbocycles. The molecule has 0 amide bonds. The van der Waals surface area contributed by atoms with Crippen LogP contribution in [0.3, 0.4) is 0 Å². The number of halogens is 1. The lowest BCUT2D eigenvalue weighted by Crippen LogP contribution is -2.32. The number of hydrogen-bond donors (Lipinski definition) is 1. The molecule has 0 saturated heterocycles. The van der Waals surface area contributed by atoms with Gasteiger partial charge in [-0.15, -0.1) is 0 Å². The van der Waals surface area contributed by atoms with Crippen LogP contribution in [0.1, 0.15) is 38.7 Å². The number of aliphatic hydroxyl groups excluding tert-OH is 1. The Bertz CT molecular complexity index is 388. The van der Waals surface area contributed by atoms with E-state index < -0.39 is 0 Å². The molecule has 3 atom stereocenters. The van der Waals surface area contributed by atoms with Crippen LogP contribution in [0.25, 0.3) is 0 Å². The van der Waals surface area contributed by atoms with Crippen molar-refractivity contribution in [3.63, 3.8) is 0 Å². The van der Waals surface area contributed by atoms with E-state index in [4.69, 9.17) is 0 Å². The van der Waals surface area contributed by atoms with Crippen molar-refractivity contribution < 1.29 is 5.11 Å². The first-order valence-electron chi connectivity index (χ1n) is 6.99. The fourth-order valence-corrected chi connectivity index (χ4v) is 3.50. The lowest BCUT2D eigenvalue weighted by molar-refractivity contribution is 0.0378. The number of benzene rings is 1. The van der Waals surface area contributed by atoms with Crippen molar-refractivity contribution in [2.45, 2.75) is 45.6 Å². The van der Waals surface area contributed by atoms with Crippen molar-refractivity contribution in [2.24, 2.45) is 17.8 Å². The first kappa shape index (κ1) is 14.1. The minimum atomic E-state index is -0.118. The van der Waals surface area contributed by atoms with Crippen LogP contribution in [0, 0.1) is 17.8 Å². The fraction of sp³-hybridized carbons (Fsp3) is 0.625. The van der Waals surface area contributed by atoms with Crippen LogP contribution in [0.5, 0.6) is 0 Å². The molecule has 0 heterocycles. The van der Waals surface area contributed by atoms with Crippen LogP contribution in [-0.4, -0.2) is 11.2 Å². The van der Waals surface area contributed by atoms with Gasteiger partial charge in [-0.1, -0.05) is 48.0 Å². The summed E-state index contributed by atoms with van der Waals surface area (Å²) < 4.78 is 1.17. The standard InChI is InChI=1S/C16H23BrO/c1-11(2)12-7-8-16(18)14(9-12)10-13-5-3-4-6-15(13)17/h3-6,11-12,14,16,18H,7-10H2,1-2H3. The number of hydrogen-bond acceptors (Lipinski definition) is 1. The smallest absolute Gasteiger partial charge is 0.0571 e. The van der Waals surface area contributed by atoms with Gasteiger partial charge < -0.3 is 5.11 Å². The lowest BCUT2D eigenvalue weighted by Gasteiger charge is -2.35. The van der Waals surface area contributed by atoms with Crippen molar-refractivity contribution in [3.05, 3.63) is 34.3 Å². The van der Waals surface area contributed by atoms with Crippen molar-refractivity contribution in [3.8, 4) is 0 Å². The van der Waals surface area contributed by atoms with E-state index in [0.717, 1.165) is 24.7 Å². The maximum atomic E-state index is 10.2. The zero-order valence-corrected chi connectivity index (χ0v) is 12.9. The first-order chi connectivity index (χ1) is 8.58. The Labute approximate surface area is 119 Å². The van der Waals surface area contributed by atoms with Crippen LogP contribution in [0.15, 0.2) is 28.7 Å². The first-order valence-corrected chi connectivity index (χ1v) is 7.78. The molecule has 18 heavy (non-hydrogen) atoms.